The first-order valence-electron chi connectivity index (χ1n) is 4.00. The van der Waals surface area contributed by atoms with E-state index in [9.17, 15) is 17.6 Å². The average Bonchev–Trinajstić information content (AvgIpc) is 2.06. The Morgan fingerprint density at radius 3 is 2.60 bits per heavy atom. The molecule has 0 unspecified atom stereocenters. The summed E-state index contributed by atoms with van der Waals surface area (Å²) < 4.78 is 36.2. The number of halogens is 2. The number of carbonyl (C=O) groups is 1. The third-order valence-electron chi connectivity index (χ3n) is 1.62. The van der Waals surface area contributed by atoms with Gasteiger partial charge in [-0.25, -0.2) is 12.8 Å². The molecular weight excluding hydrogens is 243 g/mol. The first kappa shape index (κ1) is 12.1. The molecule has 82 valence electrons. The van der Waals surface area contributed by atoms with Crippen LogP contribution >= 0.6 is 11.6 Å². The summed E-state index contributed by atoms with van der Waals surface area (Å²) >= 11 is 5.54. The second kappa shape index (κ2) is 4.28. The molecule has 0 saturated carbocycles. The summed E-state index contributed by atoms with van der Waals surface area (Å²) in [6.07, 6.45) is 0. The van der Waals surface area contributed by atoms with E-state index in [1.54, 1.807) is 0 Å². The molecule has 0 aliphatic rings. The van der Waals surface area contributed by atoms with Gasteiger partial charge >= 0.3 is 0 Å². The molecule has 6 heteroatoms. The summed E-state index contributed by atoms with van der Waals surface area (Å²) in [6, 6.07) is 3.19. The lowest BCUT2D eigenvalue weighted by Gasteiger charge is -2.03. The van der Waals surface area contributed by atoms with Crippen LogP contribution in [0.2, 0.25) is 5.02 Å². The van der Waals surface area contributed by atoms with Crippen molar-refractivity contribution < 1.29 is 17.6 Å². The lowest BCUT2D eigenvalue weighted by molar-refractivity contribution is -0.114. The molecule has 15 heavy (non-hydrogen) atoms. The Hall–Kier alpha value is -0.940. The zero-order valence-corrected chi connectivity index (χ0v) is 9.40. The van der Waals surface area contributed by atoms with Crippen molar-refractivity contribution >= 4 is 27.2 Å². The fourth-order valence-corrected chi connectivity index (χ4v) is 2.66. The van der Waals surface area contributed by atoms with E-state index in [-0.39, 0.29) is 5.02 Å². The Bertz CT molecular complexity index is 496. The van der Waals surface area contributed by atoms with Gasteiger partial charge in [-0.05, 0) is 25.1 Å². The van der Waals surface area contributed by atoms with E-state index in [0.29, 0.717) is 0 Å². The minimum absolute atomic E-state index is 0.110. The van der Waals surface area contributed by atoms with Gasteiger partial charge in [-0.15, -0.1) is 0 Å². The molecule has 0 aliphatic heterocycles. The standard InChI is InChI=1S/C9H8ClFO3S/c1-6(12)5-15(13,14)9-4-7(10)2-3-8(9)11/h2-4H,5H2,1H3. The fraction of sp³-hybridized carbons (Fsp3) is 0.222. The highest BCUT2D eigenvalue weighted by molar-refractivity contribution is 7.92. The predicted octanol–water partition coefficient (Wildman–Crippen LogP) is 1.84. The first-order valence-corrected chi connectivity index (χ1v) is 6.03. The smallest absolute Gasteiger partial charge is 0.188 e. The number of hydrogen-bond acceptors (Lipinski definition) is 3. The van der Waals surface area contributed by atoms with Crippen molar-refractivity contribution in [2.45, 2.75) is 11.8 Å². The Morgan fingerprint density at radius 2 is 2.07 bits per heavy atom. The summed E-state index contributed by atoms with van der Waals surface area (Å²) in [4.78, 5) is 10.2. The second-order valence-corrected chi connectivity index (χ2v) is 5.43. The third kappa shape index (κ3) is 3.00. The van der Waals surface area contributed by atoms with Gasteiger partial charge in [0.25, 0.3) is 0 Å². The molecule has 1 aromatic carbocycles. The van der Waals surface area contributed by atoms with E-state index >= 15 is 0 Å². The molecule has 1 rings (SSSR count). The van der Waals surface area contributed by atoms with Gasteiger partial charge in [0.05, 0.1) is 0 Å². The van der Waals surface area contributed by atoms with Crippen LogP contribution in [0.5, 0.6) is 0 Å². The van der Waals surface area contributed by atoms with E-state index in [0.717, 1.165) is 19.1 Å². The lowest BCUT2D eigenvalue weighted by atomic mass is 10.3. The molecule has 0 radical (unpaired) electrons. The van der Waals surface area contributed by atoms with Crippen molar-refractivity contribution in [3.8, 4) is 0 Å². The topological polar surface area (TPSA) is 51.2 Å². The van der Waals surface area contributed by atoms with Crippen LogP contribution in [0.4, 0.5) is 4.39 Å². The van der Waals surface area contributed by atoms with Crippen molar-refractivity contribution in [2.75, 3.05) is 5.75 Å². The fourth-order valence-electron chi connectivity index (χ4n) is 1.06. The highest BCUT2D eigenvalue weighted by atomic mass is 35.5. The largest absolute Gasteiger partial charge is 0.299 e. The Morgan fingerprint density at radius 1 is 1.47 bits per heavy atom. The normalized spacial score (nSPS) is 11.4. The zero-order valence-electron chi connectivity index (χ0n) is 7.83. The van der Waals surface area contributed by atoms with E-state index in [4.69, 9.17) is 11.6 Å². The summed E-state index contributed by atoms with van der Waals surface area (Å²) in [5, 5.41) is 0.110. The van der Waals surface area contributed by atoms with Crippen LogP contribution in [-0.4, -0.2) is 20.0 Å². The number of benzene rings is 1. The second-order valence-electron chi connectivity index (χ2n) is 3.04. The molecule has 0 bridgehead atoms. The maximum absolute atomic E-state index is 13.2. The SMILES string of the molecule is CC(=O)CS(=O)(=O)c1cc(Cl)ccc1F. The highest BCUT2D eigenvalue weighted by Gasteiger charge is 2.21. The quantitative estimate of drug-likeness (QED) is 0.823. The maximum atomic E-state index is 13.2. The number of carbonyl (C=O) groups excluding carboxylic acids is 1. The Labute approximate surface area is 91.8 Å². The van der Waals surface area contributed by atoms with Crippen LogP contribution in [0.1, 0.15) is 6.92 Å². The van der Waals surface area contributed by atoms with Crippen molar-refractivity contribution in [3.63, 3.8) is 0 Å². The Kier molecular flexibility index (Phi) is 3.46. The van der Waals surface area contributed by atoms with Crippen LogP contribution in [0.25, 0.3) is 0 Å². The third-order valence-corrected chi connectivity index (χ3v) is 3.63. The van der Waals surface area contributed by atoms with Crippen LogP contribution in [0.3, 0.4) is 0 Å². The number of ketones is 1. The monoisotopic (exact) mass is 250 g/mol. The molecule has 0 amide bonds. The van der Waals surface area contributed by atoms with Gasteiger partial charge in [0.15, 0.2) is 9.84 Å². The van der Waals surface area contributed by atoms with Gasteiger partial charge in [-0.1, -0.05) is 11.6 Å². The summed E-state index contributed by atoms with van der Waals surface area (Å²) in [5.74, 6) is -2.17. The van der Waals surface area contributed by atoms with Crippen molar-refractivity contribution in [1.29, 1.82) is 0 Å². The summed E-state index contributed by atoms with van der Waals surface area (Å²) in [6.45, 7) is 1.13. The molecule has 0 spiro atoms. The van der Waals surface area contributed by atoms with E-state index in [1.165, 1.54) is 6.07 Å². The maximum Gasteiger partial charge on any atom is 0.188 e. The Balaban J connectivity index is 3.26. The van der Waals surface area contributed by atoms with Crippen LogP contribution in [0.15, 0.2) is 23.1 Å². The first-order chi connectivity index (χ1) is 6.83. The van der Waals surface area contributed by atoms with Crippen LogP contribution < -0.4 is 0 Å². The zero-order chi connectivity index (χ0) is 11.6. The molecule has 0 atom stereocenters. The summed E-state index contributed by atoms with van der Waals surface area (Å²) in [7, 11) is -3.92. The van der Waals surface area contributed by atoms with Crippen molar-refractivity contribution in [1.82, 2.24) is 0 Å². The van der Waals surface area contributed by atoms with E-state index in [1.807, 2.05) is 0 Å². The number of Topliss-reactive ketones (excluding diaryl/α,β-unsaturated/α-hetero) is 1. The molecule has 0 aliphatic carbocycles. The van der Waals surface area contributed by atoms with E-state index < -0.39 is 32.1 Å². The molecule has 0 heterocycles. The van der Waals surface area contributed by atoms with Crippen LogP contribution in [-0.2, 0) is 14.6 Å². The minimum atomic E-state index is -3.92. The van der Waals surface area contributed by atoms with Crippen molar-refractivity contribution in [2.24, 2.45) is 0 Å². The van der Waals surface area contributed by atoms with Crippen LogP contribution in [0, 0.1) is 5.82 Å². The number of sulfone groups is 1. The molecular formula is C9H8ClFO3S. The molecule has 0 N–H and O–H groups in total. The number of hydrogen-bond donors (Lipinski definition) is 0. The molecule has 1 aromatic rings. The average molecular weight is 251 g/mol. The van der Waals surface area contributed by atoms with E-state index in [2.05, 4.69) is 0 Å². The minimum Gasteiger partial charge on any atom is -0.299 e. The predicted molar refractivity (Wildman–Crippen MR) is 54.1 cm³/mol. The van der Waals surface area contributed by atoms with Gasteiger partial charge in [0.2, 0.25) is 0 Å². The van der Waals surface area contributed by atoms with Crippen molar-refractivity contribution in [3.05, 3.63) is 29.0 Å². The van der Waals surface area contributed by atoms with Gasteiger partial charge < -0.3 is 0 Å². The highest BCUT2D eigenvalue weighted by Crippen LogP contribution is 2.20. The molecule has 0 aromatic heterocycles. The lowest BCUT2D eigenvalue weighted by Crippen LogP contribution is -2.14. The molecule has 0 saturated heterocycles. The van der Waals surface area contributed by atoms with Gasteiger partial charge in [-0.3, -0.25) is 4.79 Å². The molecule has 0 fully saturated rings. The van der Waals surface area contributed by atoms with Gasteiger partial charge in [0, 0.05) is 5.02 Å². The summed E-state index contributed by atoms with van der Waals surface area (Å²) in [5.41, 5.74) is 0. The number of rotatable bonds is 3. The molecule has 3 nitrogen and oxygen atoms in total. The van der Waals surface area contributed by atoms with Gasteiger partial charge in [0.1, 0.15) is 22.2 Å². The van der Waals surface area contributed by atoms with Gasteiger partial charge in [-0.2, -0.15) is 0 Å².